The summed E-state index contributed by atoms with van der Waals surface area (Å²) in [7, 11) is 0. The van der Waals surface area contributed by atoms with Gasteiger partial charge in [-0.2, -0.15) is 0 Å². The van der Waals surface area contributed by atoms with Crippen molar-refractivity contribution in [2.75, 3.05) is 6.61 Å². The molecule has 0 spiro atoms. The molecule has 0 amide bonds. The van der Waals surface area contributed by atoms with Crippen LogP contribution in [-0.4, -0.2) is 6.61 Å². The Morgan fingerprint density at radius 1 is 0.935 bits per heavy atom. The molecule has 1 aliphatic carbocycles. The van der Waals surface area contributed by atoms with Crippen LogP contribution in [0.1, 0.15) is 55.2 Å². The van der Waals surface area contributed by atoms with E-state index < -0.39 is 11.6 Å². The molecule has 0 aromatic heterocycles. The number of rotatable bonds is 7. The Balaban J connectivity index is 1.44. The van der Waals surface area contributed by atoms with E-state index in [1.165, 1.54) is 31.2 Å². The van der Waals surface area contributed by atoms with Gasteiger partial charge in [0.1, 0.15) is 5.75 Å². The lowest BCUT2D eigenvalue weighted by Crippen LogP contribution is -2.11. The molecule has 0 aliphatic heterocycles. The molecular weight excluding hydrogens is 390 g/mol. The van der Waals surface area contributed by atoms with Crippen molar-refractivity contribution in [1.29, 1.82) is 0 Å². The van der Waals surface area contributed by atoms with Crippen LogP contribution in [0.3, 0.4) is 0 Å². The first-order chi connectivity index (χ1) is 15.1. The predicted octanol–water partition coefficient (Wildman–Crippen LogP) is 7.76. The smallest absolute Gasteiger partial charge is 0.167 e. The number of halogens is 2. The van der Waals surface area contributed by atoms with E-state index in [2.05, 4.69) is 36.9 Å². The molecule has 1 nitrogen and oxygen atoms in total. The highest BCUT2D eigenvalue weighted by Gasteiger charge is 2.20. The number of ether oxygens (including phenoxy) is 1. The molecular formula is C28H30F2O. The fraction of sp³-hybridized carbons (Fsp3) is 0.357. The molecule has 1 fully saturated rings. The number of aryl methyl sites for hydroxylation is 2. The molecule has 0 saturated heterocycles. The molecule has 1 aliphatic rings. The highest BCUT2D eigenvalue weighted by atomic mass is 19.2. The fourth-order valence-electron chi connectivity index (χ4n) is 4.72. The van der Waals surface area contributed by atoms with Gasteiger partial charge in [-0.3, -0.25) is 0 Å². The zero-order chi connectivity index (χ0) is 21.8. The van der Waals surface area contributed by atoms with Gasteiger partial charge in [-0.1, -0.05) is 36.4 Å². The van der Waals surface area contributed by atoms with Gasteiger partial charge in [-0.15, -0.1) is 6.58 Å². The van der Waals surface area contributed by atoms with Gasteiger partial charge >= 0.3 is 0 Å². The van der Waals surface area contributed by atoms with Gasteiger partial charge in [-0.05, 0) is 97.6 Å². The Bertz CT molecular complexity index is 1050. The van der Waals surface area contributed by atoms with Gasteiger partial charge in [0.15, 0.2) is 11.6 Å². The molecule has 162 valence electrons. The van der Waals surface area contributed by atoms with Crippen LogP contribution >= 0.6 is 0 Å². The summed E-state index contributed by atoms with van der Waals surface area (Å²) in [6.07, 6.45) is 8.10. The van der Waals surface area contributed by atoms with Crippen molar-refractivity contribution in [1.82, 2.24) is 0 Å². The van der Waals surface area contributed by atoms with E-state index in [1.54, 1.807) is 24.3 Å². The third kappa shape index (κ3) is 4.81. The molecule has 0 radical (unpaired) electrons. The minimum Gasteiger partial charge on any atom is -0.494 e. The number of hydrogen-bond donors (Lipinski definition) is 0. The lowest BCUT2D eigenvalue weighted by Gasteiger charge is -2.27. The maximum atomic E-state index is 14.7. The Labute approximate surface area is 183 Å². The number of benzene rings is 3. The monoisotopic (exact) mass is 420 g/mol. The first-order valence-electron chi connectivity index (χ1n) is 11.3. The quantitative estimate of drug-likeness (QED) is 0.355. The second-order valence-electron chi connectivity index (χ2n) is 8.57. The van der Waals surface area contributed by atoms with E-state index in [9.17, 15) is 8.78 Å². The highest BCUT2D eigenvalue weighted by molar-refractivity contribution is 5.85. The molecule has 0 bridgehead atoms. The molecule has 3 aromatic rings. The van der Waals surface area contributed by atoms with Crippen LogP contribution in [-0.2, 0) is 12.8 Å². The highest BCUT2D eigenvalue weighted by Crippen LogP contribution is 2.36. The Kier molecular flexibility index (Phi) is 6.70. The molecule has 0 unspecified atom stereocenters. The van der Waals surface area contributed by atoms with Gasteiger partial charge in [0.2, 0.25) is 0 Å². The van der Waals surface area contributed by atoms with Crippen LogP contribution in [0.15, 0.2) is 61.2 Å². The van der Waals surface area contributed by atoms with Crippen molar-refractivity contribution < 1.29 is 13.5 Å². The normalized spacial score (nSPS) is 18.8. The van der Waals surface area contributed by atoms with Crippen molar-refractivity contribution in [3.63, 3.8) is 0 Å². The van der Waals surface area contributed by atoms with Crippen molar-refractivity contribution in [3.8, 4) is 5.75 Å². The minimum atomic E-state index is -0.792. The summed E-state index contributed by atoms with van der Waals surface area (Å²) in [4.78, 5) is 0. The molecule has 0 atom stereocenters. The second-order valence-corrected chi connectivity index (χ2v) is 8.57. The van der Waals surface area contributed by atoms with Crippen molar-refractivity contribution in [3.05, 3.63) is 89.5 Å². The van der Waals surface area contributed by atoms with Gasteiger partial charge in [0, 0.05) is 5.39 Å². The average Bonchev–Trinajstić information content (AvgIpc) is 2.81. The Hall–Kier alpha value is -2.68. The maximum absolute atomic E-state index is 14.7. The van der Waals surface area contributed by atoms with E-state index in [-0.39, 0.29) is 5.39 Å². The minimum absolute atomic E-state index is 0.266. The third-order valence-corrected chi connectivity index (χ3v) is 6.62. The van der Waals surface area contributed by atoms with Crippen molar-refractivity contribution in [2.24, 2.45) is 5.92 Å². The van der Waals surface area contributed by atoms with E-state index in [0.717, 1.165) is 5.56 Å². The van der Waals surface area contributed by atoms with Crippen LogP contribution in [0.25, 0.3) is 10.8 Å². The number of hydrogen-bond acceptors (Lipinski definition) is 1. The fourth-order valence-corrected chi connectivity index (χ4v) is 4.72. The summed E-state index contributed by atoms with van der Waals surface area (Å²) in [5.41, 5.74) is 2.95. The lowest BCUT2D eigenvalue weighted by molar-refractivity contribution is 0.340. The third-order valence-electron chi connectivity index (χ3n) is 6.62. The summed E-state index contributed by atoms with van der Waals surface area (Å²) < 4.78 is 34.8. The Morgan fingerprint density at radius 3 is 2.35 bits per heavy atom. The van der Waals surface area contributed by atoms with Crippen LogP contribution < -0.4 is 4.74 Å². The van der Waals surface area contributed by atoms with Gasteiger partial charge in [-0.25, -0.2) is 8.78 Å². The molecule has 0 heterocycles. The molecule has 3 heteroatoms. The molecule has 3 aromatic carbocycles. The SMILES string of the molecule is C=CC1CCC(c2ccc(CCc3cc4ccc(OCC)cc4c(F)c3F)cc2)CC1. The maximum Gasteiger partial charge on any atom is 0.167 e. The topological polar surface area (TPSA) is 9.23 Å². The Morgan fingerprint density at radius 2 is 1.68 bits per heavy atom. The number of allylic oxidation sites excluding steroid dienone is 1. The van der Waals surface area contributed by atoms with Crippen LogP contribution in [0.5, 0.6) is 5.75 Å². The van der Waals surface area contributed by atoms with Crippen LogP contribution in [0.4, 0.5) is 8.78 Å². The first-order valence-corrected chi connectivity index (χ1v) is 11.3. The summed E-state index contributed by atoms with van der Waals surface area (Å²) in [5.74, 6) is 0.299. The standard InChI is InChI=1S/C28H30F2O/c1-3-19-5-10-21(11-6-19)22-12-7-20(8-13-22)9-14-24-17-23-15-16-25(31-4-2)18-26(23)28(30)27(24)29/h3,7-8,12-13,15-19,21H,1,4-6,9-11,14H2,2H3. The first kappa shape index (κ1) is 21.5. The largest absolute Gasteiger partial charge is 0.494 e. The lowest BCUT2D eigenvalue weighted by atomic mass is 9.78. The van der Waals surface area contributed by atoms with E-state index in [0.29, 0.717) is 48.0 Å². The molecule has 4 rings (SSSR count). The molecule has 31 heavy (non-hydrogen) atoms. The van der Waals surface area contributed by atoms with Crippen LogP contribution in [0, 0.1) is 17.6 Å². The van der Waals surface area contributed by atoms with Gasteiger partial charge in [0.05, 0.1) is 6.61 Å². The second kappa shape index (κ2) is 9.64. The summed E-state index contributed by atoms with van der Waals surface area (Å²) >= 11 is 0. The zero-order valence-corrected chi connectivity index (χ0v) is 18.2. The predicted molar refractivity (Wildman–Crippen MR) is 124 cm³/mol. The van der Waals surface area contributed by atoms with Crippen molar-refractivity contribution in [2.45, 2.75) is 51.4 Å². The average molecular weight is 421 g/mol. The zero-order valence-electron chi connectivity index (χ0n) is 18.2. The summed E-state index contributed by atoms with van der Waals surface area (Å²) in [6.45, 7) is 6.28. The number of fused-ring (bicyclic) bond motifs is 1. The van der Waals surface area contributed by atoms with Gasteiger partial charge in [0.25, 0.3) is 0 Å². The summed E-state index contributed by atoms with van der Waals surface area (Å²) in [6, 6.07) is 15.6. The van der Waals surface area contributed by atoms with E-state index in [1.807, 2.05) is 6.92 Å². The molecule has 0 N–H and O–H groups in total. The van der Waals surface area contributed by atoms with Crippen molar-refractivity contribution >= 4 is 10.8 Å². The van der Waals surface area contributed by atoms with E-state index in [4.69, 9.17) is 4.74 Å². The summed E-state index contributed by atoms with van der Waals surface area (Å²) in [5, 5.41) is 0.963. The van der Waals surface area contributed by atoms with E-state index >= 15 is 0 Å². The van der Waals surface area contributed by atoms with Gasteiger partial charge < -0.3 is 4.74 Å². The molecule has 1 saturated carbocycles. The van der Waals surface area contributed by atoms with Crippen LogP contribution in [0.2, 0.25) is 0 Å².